The lowest BCUT2D eigenvalue weighted by molar-refractivity contribution is -0.380. The predicted molar refractivity (Wildman–Crippen MR) is 313 cm³/mol. The highest BCUT2D eigenvalue weighted by atomic mass is 16.8. The highest BCUT2D eigenvalue weighted by molar-refractivity contribution is 5.76. The molecule has 0 aromatic carbocycles. The minimum atomic E-state index is -2.65. The van der Waals surface area contributed by atoms with Crippen molar-refractivity contribution in [1.29, 1.82) is 0 Å². The lowest BCUT2D eigenvalue weighted by Gasteiger charge is -2.51. The van der Waals surface area contributed by atoms with Crippen molar-refractivity contribution in [2.75, 3.05) is 26.4 Å². The third kappa shape index (κ3) is 18.5. The highest BCUT2D eigenvalue weighted by Gasteiger charge is 2.62. The van der Waals surface area contributed by atoms with Crippen LogP contribution >= 0.6 is 0 Å². The van der Waals surface area contributed by atoms with Crippen LogP contribution in [-0.4, -0.2) is 432 Å². The first kappa shape index (κ1) is 85.1. The van der Waals surface area contributed by atoms with Crippen LogP contribution in [0, 0.1) is 0 Å². The molecule has 8 aliphatic heterocycles. The van der Waals surface area contributed by atoms with Crippen molar-refractivity contribution < 1.29 is 222 Å². The van der Waals surface area contributed by atoms with Gasteiger partial charge in [-0.1, -0.05) is 0 Å². The number of hydrogen-bond donors (Lipinski definition) is 26. The third-order valence-electron chi connectivity index (χ3n) is 18.1. The van der Waals surface area contributed by atoms with E-state index in [2.05, 4.69) is 21.3 Å². The molecule has 105 heavy (non-hydrogen) atoms. The number of nitrogens with one attached hydrogen (secondary N) is 4. The topological polar surface area (TPSA) is 768 Å². The predicted octanol–water partition coefficient (Wildman–Crippen LogP) is -17.5. The van der Waals surface area contributed by atoms with Crippen molar-refractivity contribution in [2.24, 2.45) is 0 Å². The summed E-state index contributed by atoms with van der Waals surface area (Å²) in [5.41, 5.74) is 0. The number of hydrogen-bond acceptors (Lipinski definition) is 41. The van der Waals surface area contributed by atoms with Crippen molar-refractivity contribution >= 4 is 47.5 Å². The molecule has 26 N–H and O–H groups in total. The molecule has 600 valence electrons. The molecule has 8 saturated heterocycles. The van der Waals surface area contributed by atoms with E-state index in [9.17, 15) is 151 Å². The minimum absolute atomic E-state index is 0.832. The second-order valence-electron chi connectivity index (χ2n) is 25.5. The van der Waals surface area contributed by atoms with Gasteiger partial charge in [-0.2, -0.15) is 0 Å². The zero-order chi connectivity index (χ0) is 78.0. The number of carbonyl (C=O) groups is 8. The monoisotopic (exact) mass is 1530 g/mol. The Balaban J connectivity index is 1.01. The van der Waals surface area contributed by atoms with Crippen molar-refractivity contribution in [3.63, 3.8) is 0 Å². The molecular weight excluding hydrogens is 1450 g/mol. The summed E-state index contributed by atoms with van der Waals surface area (Å²) < 4.78 is 84.5. The van der Waals surface area contributed by atoms with Gasteiger partial charge in [-0.05, 0) is 0 Å². The Morgan fingerprint density at radius 1 is 0.257 bits per heavy atom. The summed E-state index contributed by atoms with van der Waals surface area (Å²) in [6, 6.07) is -7.92. The number of carbonyl (C=O) groups excluding carboxylic acids is 4. The Morgan fingerprint density at radius 2 is 0.476 bits per heavy atom. The molecule has 8 heterocycles. The lowest BCUT2D eigenvalue weighted by atomic mass is 9.93. The second-order valence-corrected chi connectivity index (χ2v) is 25.5. The van der Waals surface area contributed by atoms with E-state index in [-0.39, 0.29) is 0 Å². The van der Waals surface area contributed by atoms with Gasteiger partial charge in [0.2, 0.25) is 23.6 Å². The molecule has 0 spiro atoms. The second kappa shape index (κ2) is 35.9. The number of carboxylic acids is 4. The number of aliphatic hydroxyl groups is 18. The molecule has 0 saturated carbocycles. The first-order valence-electron chi connectivity index (χ1n) is 32.1. The number of amides is 4. The smallest absolute Gasteiger partial charge is 0.335 e. The number of carboxylic acid groups (broad SMARTS) is 4. The maximum Gasteiger partial charge on any atom is 0.335 e. The molecule has 4 amide bonds. The number of rotatable bonds is 26. The molecule has 8 rings (SSSR count). The Kier molecular flexibility index (Phi) is 29.0. The summed E-state index contributed by atoms with van der Waals surface area (Å²) in [4.78, 5) is 102. The van der Waals surface area contributed by atoms with Gasteiger partial charge in [0, 0.05) is 27.7 Å². The van der Waals surface area contributed by atoms with Crippen LogP contribution in [0.5, 0.6) is 0 Å². The van der Waals surface area contributed by atoms with Gasteiger partial charge in [0.05, 0.1) is 26.4 Å². The SMILES string of the molecule is CC(=O)N[C@H]1[C@H](O[C@H]2[C@H](O)[C@@H](O)[C@H](O[C@H]3[C@H](O)[C@@H](CO)O[C@@H](O[C@H]4[C@H](O)[C@@H](O)[C@H](O[C@H]5[C@H](O)[C@@H](CO)O[C@@H](O[C@H]6[C@H](O)[C@@H](O)[C@H](O[C@H]7[C@H](O)[C@@H](CO)OC(O)[C@@H]7NC(C)=O)O[C@@H]6C(=O)O)[C@@H]5NC(C)=O)O[C@@H]4C(=O)O)[C@@H]3NC(C)=O)O[C@@H]2C(=O)O)O[C@H](CO)[C@@H](O)[C@@H]1O[C@@H]1O[C@H](C(=O)O)[C@@H](O)[C@H](O)[C@H]1O. The normalized spacial score (nSPS) is 46.8. The Hall–Kier alpha value is -5.56. The fourth-order valence-corrected chi connectivity index (χ4v) is 13.0. The molecule has 1 unspecified atom stereocenters. The van der Waals surface area contributed by atoms with Crippen molar-refractivity contribution in [3.8, 4) is 0 Å². The van der Waals surface area contributed by atoms with E-state index in [0.717, 1.165) is 27.7 Å². The van der Waals surface area contributed by atoms with Crippen LogP contribution in [0.3, 0.4) is 0 Å². The summed E-state index contributed by atoms with van der Waals surface area (Å²) in [6.45, 7) is -1.06. The summed E-state index contributed by atoms with van der Waals surface area (Å²) in [5, 5.41) is 249. The van der Waals surface area contributed by atoms with Crippen molar-refractivity contribution in [1.82, 2.24) is 21.3 Å². The van der Waals surface area contributed by atoms with Gasteiger partial charge in [0.25, 0.3) is 0 Å². The third-order valence-corrected chi connectivity index (χ3v) is 18.1. The van der Waals surface area contributed by atoms with E-state index >= 15 is 0 Å². The maximum absolute atomic E-state index is 13.2. The Morgan fingerprint density at radius 3 is 0.724 bits per heavy atom. The van der Waals surface area contributed by atoms with Gasteiger partial charge in [0.15, 0.2) is 74.7 Å². The maximum atomic E-state index is 13.2. The summed E-state index contributed by atoms with van der Waals surface area (Å²) >= 11 is 0. The van der Waals surface area contributed by atoms with Gasteiger partial charge in [-0.3, -0.25) is 19.2 Å². The summed E-state index contributed by atoms with van der Waals surface area (Å²) in [7, 11) is 0. The quantitative estimate of drug-likeness (QED) is 0.0382. The van der Waals surface area contributed by atoms with Crippen LogP contribution < -0.4 is 21.3 Å². The van der Waals surface area contributed by atoms with Gasteiger partial charge >= 0.3 is 23.9 Å². The van der Waals surface area contributed by atoms with Crippen LogP contribution in [0.4, 0.5) is 0 Å². The molecule has 8 fully saturated rings. The van der Waals surface area contributed by atoms with Gasteiger partial charge in [-0.15, -0.1) is 0 Å². The summed E-state index contributed by atoms with van der Waals surface area (Å²) in [6.07, 6.45) is -82.8. The fourth-order valence-electron chi connectivity index (χ4n) is 13.0. The molecular formula is C56H86N4O45. The van der Waals surface area contributed by atoms with Gasteiger partial charge < -0.3 is 205 Å². The number of ether oxygens (including phenoxy) is 15. The minimum Gasteiger partial charge on any atom is -0.479 e. The standard InChI is InChI=1S/C56H86N4O45/c1-9(65)57-17-34(21(69)13(5-61)91-49(17)90)95-54-31(79)27(75)38(42(103-54)46(84)85)99-51-19(59-11(3)67)36(23(71)15(7-63)93-51)97-56-33(81)29(77)40(44(105-56)48(88)89)101-52-20(60-12(4)68)37(24(72)16(8-64)94-52)98-55-32(80)28(76)39(43(104-55)47(86)87)100-50-18(58-10(2)66)35(22(70)14(6-62)92-50)96-53-30(78)25(73)26(74)41(102-53)45(82)83/h13-44,49-56,61-64,69-81,90H,5-8H2,1-4H3,(H,57,65)(H,58,66)(H,59,67)(H,60,68)(H,82,83)(H,84,85)(H,86,87)(H,88,89)/t13-,14-,15-,16-,17-,18-,19-,20-,21-,22-,23-,24-,25+,26+,27-,28-,29-,30-,31-,32-,33-,34-,35-,36-,37-,38+,39+,40+,41+,42+,43+,44+,49?,50+,51+,52+,53-,54-,55-,56-/m1/s1. The molecule has 0 bridgehead atoms. The van der Waals surface area contributed by atoms with Crippen LogP contribution in [0.1, 0.15) is 27.7 Å². The molecule has 40 atom stereocenters. The zero-order valence-electron chi connectivity index (χ0n) is 55.2. The van der Waals surface area contributed by atoms with Gasteiger partial charge in [-0.25, -0.2) is 19.2 Å². The van der Waals surface area contributed by atoms with E-state index in [0.29, 0.717) is 0 Å². The average Bonchev–Trinajstić information content (AvgIpc) is 0.735. The molecule has 0 aromatic rings. The molecule has 49 nitrogen and oxygen atoms in total. The molecule has 8 aliphatic rings. The Bertz CT molecular complexity index is 2990. The van der Waals surface area contributed by atoms with E-state index in [1.807, 2.05) is 0 Å². The van der Waals surface area contributed by atoms with E-state index in [1.54, 1.807) is 0 Å². The summed E-state index contributed by atoms with van der Waals surface area (Å²) in [5.74, 6) is -12.0. The average molecular weight is 1540 g/mol. The number of aliphatic carboxylic acids is 4. The van der Waals surface area contributed by atoms with E-state index in [1.165, 1.54) is 0 Å². The molecule has 49 heteroatoms. The molecule has 0 radical (unpaired) electrons. The largest absolute Gasteiger partial charge is 0.479 e. The first-order chi connectivity index (χ1) is 49.3. The van der Waals surface area contributed by atoms with E-state index in [4.69, 9.17) is 71.1 Å². The van der Waals surface area contributed by atoms with Crippen LogP contribution in [0.2, 0.25) is 0 Å². The number of aliphatic hydroxyl groups excluding tert-OH is 18. The van der Waals surface area contributed by atoms with Crippen LogP contribution in [-0.2, 0) is 109 Å². The highest BCUT2D eigenvalue weighted by Crippen LogP contribution is 2.39. The van der Waals surface area contributed by atoms with Crippen molar-refractivity contribution in [2.45, 2.75) is 273 Å². The fraction of sp³-hybridized carbons (Fsp3) is 0.857. The van der Waals surface area contributed by atoms with Gasteiger partial charge in [0.1, 0.15) is 171 Å². The zero-order valence-corrected chi connectivity index (χ0v) is 55.2. The molecule has 0 aliphatic carbocycles. The first-order valence-corrected chi connectivity index (χ1v) is 32.1. The van der Waals surface area contributed by atoms with Crippen LogP contribution in [0.15, 0.2) is 0 Å². The lowest BCUT2D eigenvalue weighted by Crippen LogP contribution is -2.71. The Labute approximate surface area is 588 Å². The molecule has 0 aromatic heterocycles. The van der Waals surface area contributed by atoms with Crippen LogP contribution in [0.25, 0.3) is 0 Å². The van der Waals surface area contributed by atoms with Crippen molar-refractivity contribution in [3.05, 3.63) is 0 Å². The van der Waals surface area contributed by atoms with E-state index < -0.39 is 319 Å².